The summed E-state index contributed by atoms with van der Waals surface area (Å²) in [6, 6.07) is 4.93. The van der Waals surface area contributed by atoms with Gasteiger partial charge in [0.25, 0.3) is 5.41 Å². The van der Waals surface area contributed by atoms with Crippen LogP contribution in [0, 0.1) is 5.41 Å². The third-order valence-corrected chi connectivity index (χ3v) is 2.76. The highest BCUT2D eigenvalue weighted by Crippen LogP contribution is 2.60. The molecule has 1 aromatic rings. The Kier molecular flexibility index (Phi) is 4.04. The molecule has 0 fully saturated rings. The van der Waals surface area contributed by atoms with E-state index in [1.807, 2.05) is 0 Å². The summed E-state index contributed by atoms with van der Waals surface area (Å²) in [5.41, 5.74) is -6.49. The zero-order chi connectivity index (χ0) is 15.8. The largest absolute Gasteiger partial charge is 0.412 e. The first-order chi connectivity index (χ1) is 8.83. The maximum Gasteiger partial charge on any atom is 0.412 e. The molecule has 1 rings (SSSR count). The lowest BCUT2D eigenvalue weighted by Gasteiger charge is -2.38. The maximum absolute atomic E-state index is 12.6. The van der Waals surface area contributed by atoms with Gasteiger partial charge in [-0.2, -0.15) is 39.5 Å². The fraction of sp³-hybridized carbons (Fsp3) is 0.455. The van der Waals surface area contributed by atoms with E-state index in [-0.39, 0.29) is 0 Å². The van der Waals surface area contributed by atoms with Crippen molar-refractivity contribution in [3.63, 3.8) is 0 Å². The molecule has 0 saturated heterocycles. The Bertz CT molecular complexity index is 402. The quantitative estimate of drug-likeness (QED) is 0.681. The monoisotopic (exact) mass is 310 g/mol. The highest BCUT2D eigenvalue weighted by Gasteiger charge is 2.83. The number of halogens is 9. The fourth-order valence-corrected chi connectivity index (χ4v) is 1.68. The molecule has 0 aliphatic rings. The minimum atomic E-state index is -6.51. The lowest BCUT2D eigenvalue weighted by atomic mass is 9.79. The smallest absolute Gasteiger partial charge is 0.170 e. The maximum atomic E-state index is 12.6. The Morgan fingerprint density at radius 3 is 1.25 bits per heavy atom. The van der Waals surface area contributed by atoms with Crippen molar-refractivity contribution < 1.29 is 39.5 Å². The van der Waals surface area contributed by atoms with Gasteiger partial charge in [0.15, 0.2) is 0 Å². The van der Waals surface area contributed by atoms with Crippen LogP contribution in [0.4, 0.5) is 39.5 Å². The van der Waals surface area contributed by atoms with Crippen LogP contribution in [0.1, 0.15) is 5.56 Å². The van der Waals surface area contributed by atoms with Crippen molar-refractivity contribution >= 4 is 0 Å². The topological polar surface area (TPSA) is 0 Å². The molecular formula is C11H7F9. The van der Waals surface area contributed by atoms with Gasteiger partial charge in [-0.3, -0.25) is 0 Å². The van der Waals surface area contributed by atoms with E-state index in [0.29, 0.717) is 0 Å². The molecule has 0 spiro atoms. The standard InChI is InChI=1S/C11H7F9/c12-9(13,14)8(10(15,16)17,11(18,19)20)6-7-4-2-1-3-5-7/h1-5H,6H2. The molecule has 0 amide bonds. The fourth-order valence-electron chi connectivity index (χ4n) is 1.68. The van der Waals surface area contributed by atoms with Gasteiger partial charge < -0.3 is 0 Å². The number of hydrogen-bond donors (Lipinski definition) is 0. The van der Waals surface area contributed by atoms with Gasteiger partial charge in [0, 0.05) is 6.42 Å². The van der Waals surface area contributed by atoms with Crippen LogP contribution in [0.5, 0.6) is 0 Å². The van der Waals surface area contributed by atoms with Gasteiger partial charge in [-0.1, -0.05) is 30.3 Å². The Hall–Kier alpha value is -1.41. The number of benzene rings is 1. The van der Waals surface area contributed by atoms with Crippen molar-refractivity contribution in [1.82, 2.24) is 0 Å². The molecular weight excluding hydrogens is 303 g/mol. The molecule has 0 bridgehead atoms. The van der Waals surface area contributed by atoms with Gasteiger partial charge in [0.1, 0.15) is 0 Å². The van der Waals surface area contributed by atoms with Crippen LogP contribution in [0.15, 0.2) is 30.3 Å². The van der Waals surface area contributed by atoms with E-state index in [1.165, 1.54) is 6.07 Å². The van der Waals surface area contributed by atoms with E-state index in [1.54, 1.807) is 0 Å². The summed E-state index contributed by atoms with van der Waals surface area (Å²) in [5.74, 6) is 0. The van der Waals surface area contributed by atoms with Crippen LogP contribution < -0.4 is 0 Å². The van der Waals surface area contributed by atoms with Gasteiger partial charge in [-0.05, 0) is 5.56 Å². The van der Waals surface area contributed by atoms with Gasteiger partial charge in [0.05, 0.1) is 0 Å². The van der Waals surface area contributed by atoms with Crippen LogP contribution in [0.3, 0.4) is 0 Å². The molecule has 0 aliphatic carbocycles. The first-order valence-corrected chi connectivity index (χ1v) is 5.07. The zero-order valence-corrected chi connectivity index (χ0v) is 9.50. The Morgan fingerprint density at radius 2 is 0.950 bits per heavy atom. The molecule has 0 heterocycles. The summed E-state index contributed by atoms with van der Waals surface area (Å²) >= 11 is 0. The molecule has 0 aliphatic heterocycles. The molecule has 9 heteroatoms. The molecule has 0 aromatic heterocycles. The molecule has 0 unspecified atom stereocenters. The van der Waals surface area contributed by atoms with Gasteiger partial charge in [0.2, 0.25) is 0 Å². The van der Waals surface area contributed by atoms with E-state index >= 15 is 0 Å². The summed E-state index contributed by atoms with van der Waals surface area (Å²) in [6.07, 6.45) is -21.8. The van der Waals surface area contributed by atoms with E-state index < -0.39 is 35.9 Å². The summed E-state index contributed by atoms with van der Waals surface area (Å²) in [7, 11) is 0. The first-order valence-electron chi connectivity index (χ1n) is 5.07. The normalized spacial score (nSPS) is 14.4. The highest BCUT2D eigenvalue weighted by atomic mass is 19.4. The minimum Gasteiger partial charge on any atom is -0.170 e. The van der Waals surface area contributed by atoms with E-state index in [2.05, 4.69) is 0 Å². The number of rotatable bonds is 2. The second-order valence-electron chi connectivity index (χ2n) is 4.06. The third kappa shape index (κ3) is 2.71. The van der Waals surface area contributed by atoms with E-state index in [0.717, 1.165) is 24.3 Å². The predicted molar refractivity (Wildman–Crippen MR) is 50.7 cm³/mol. The van der Waals surface area contributed by atoms with Crippen LogP contribution in [-0.4, -0.2) is 18.5 Å². The Labute approximate surface area is 107 Å². The molecule has 0 nitrogen and oxygen atoms in total. The minimum absolute atomic E-state index is 0.709. The molecule has 0 atom stereocenters. The summed E-state index contributed by atoms with van der Waals surface area (Å²) in [5, 5.41) is 0. The summed E-state index contributed by atoms with van der Waals surface area (Å²) in [4.78, 5) is 0. The molecule has 114 valence electrons. The predicted octanol–water partition coefficient (Wildman–Crippen LogP) is 4.90. The van der Waals surface area contributed by atoms with Crippen molar-refractivity contribution in [1.29, 1.82) is 0 Å². The van der Waals surface area contributed by atoms with Crippen molar-refractivity contribution in [2.24, 2.45) is 5.41 Å². The summed E-state index contributed by atoms with van der Waals surface area (Å²) < 4.78 is 114. The molecule has 0 saturated carbocycles. The van der Waals surface area contributed by atoms with Crippen molar-refractivity contribution in [3.8, 4) is 0 Å². The highest BCUT2D eigenvalue weighted by molar-refractivity contribution is 5.19. The second-order valence-corrected chi connectivity index (χ2v) is 4.06. The van der Waals surface area contributed by atoms with E-state index in [4.69, 9.17) is 0 Å². The van der Waals surface area contributed by atoms with Crippen LogP contribution in [0.25, 0.3) is 0 Å². The molecule has 1 aromatic carbocycles. The van der Waals surface area contributed by atoms with Crippen LogP contribution >= 0.6 is 0 Å². The van der Waals surface area contributed by atoms with Crippen molar-refractivity contribution in [2.75, 3.05) is 0 Å². The first kappa shape index (κ1) is 16.6. The average molecular weight is 310 g/mol. The van der Waals surface area contributed by atoms with Crippen molar-refractivity contribution in [2.45, 2.75) is 24.9 Å². The molecule has 20 heavy (non-hydrogen) atoms. The number of alkyl halides is 9. The van der Waals surface area contributed by atoms with Crippen LogP contribution in [-0.2, 0) is 6.42 Å². The lowest BCUT2D eigenvalue weighted by molar-refractivity contribution is -0.426. The van der Waals surface area contributed by atoms with Crippen LogP contribution in [0.2, 0.25) is 0 Å². The molecule has 0 radical (unpaired) electrons. The average Bonchev–Trinajstić information content (AvgIpc) is 2.22. The van der Waals surface area contributed by atoms with Crippen molar-refractivity contribution in [3.05, 3.63) is 35.9 Å². The zero-order valence-electron chi connectivity index (χ0n) is 9.50. The second kappa shape index (κ2) is 4.85. The van der Waals surface area contributed by atoms with Gasteiger partial charge in [-0.15, -0.1) is 0 Å². The third-order valence-electron chi connectivity index (χ3n) is 2.76. The number of hydrogen-bond acceptors (Lipinski definition) is 0. The molecule has 0 N–H and O–H groups in total. The Morgan fingerprint density at radius 1 is 0.600 bits per heavy atom. The van der Waals surface area contributed by atoms with E-state index in [9.17, 15) is 39.5 Å². The SMILES string of the molecule is FC(F)(F)C(Cc1ccccc1)(C(F)(F)F)C(F)(F)F. The Balaban J connectivity index is 3.48. The lowest BCUT2D eigenvalue weighted by Crippen LogP contribution is -2.60. The van der Waals surface area contributed by atoms with Gasteiger partial charge in [-0.25, -0.2) is 0 Å². The van der Waals surface area contributed by atoms with Gasteiger partial charge >= 0.3 is 18.5 Å². The summed E-state index contributed by atoms with van der Waals surface area (Å²) in [6.45, 7) is 0.